The van der Waals surface area contributed by atoms with E-state index in [9.17, 15) is 4.79 Å². The fourth-order valence-corrected chi connectivity index (χ4v) is 3.05. The Balaban J connectivity index is 1.63. The molecule has 1 aromatic heterocycles. The minimum atomic E-state index is -0.369. The van der Waals surface area contributed by atoms with Gasteiger partial charge in [0.25, 0.3) is 0 Å². The first-order chi connectivity index (χ1) is 10.8. The van der Waals surface area contributed by atoms with Crippen molar-refractivity contribution in [3.63, 3.8) is 0 Å². The van der Waals surface area contributed by atoms with Crippen molar-refractivity contribution in [2.75, 3.05) is 6.61 Å². The Hall–Kier alpha value is -2.24. The molecule has 0 aliphatic carbocycles. The van der Waals surface area contributed by atoms with Crippen LogP contribution in [0.4, 0.5) is 0 Å². The van der Waals surface area contributed by atoms with Crippen molar-refractivity contribution in [3.05, 3.63) is 66.0 Å². The highest BCUT2D eigenvalue weighted by Gasteiger charge is 2.47. The molecule has 0 saturated carbocycles. The van der Waals surface area contributed by atoms with E-state index in [4.69, 9.17) is 9.57 Å². The SMILES string of the molecule is O=C1OC[C@H](c2ccccc2)N2O[C@H](c3ccccn3)C[C@@H]12. The molecule has 5 heteroatoms. The fraction of sp³-hybridized carbons (Fsp3) is 0.294. The molecule has 0 radical (unpaired) electrons. The summed E-state index contributed by atoms with van der Waals surface area (Å²) in [6, 6.07) is 15.3. The van der Waals surface area contributed by atoms with Crippen LogP contribution in [0, 0.1) is 0 Å². The van der Waals surface area contributed by atoms with Gasteiger partial charge < -0.3 is 4.74 Å². The highest BCUT2D eigenvalue weighted by atomic mass is 16.7. The third kappa shape index (κ3) is 2.28. The van der Waals surface area contributed by atoms with Crippen molar-refractivity contribution >= 4 is 5.97 Å². The molecular weight excluding hydrogens is 280 g/mol. The number of rotatable bonds is 2. The molecule has 2 aliphatic heterocycles. The van der Waals surface area contributed by atoms with Gasteiger partial charge in [-0.25, -0.2) is 0 Å². The standard InChI is InChI=1S/C17H16N2O3/c20-17-14-10-16(13-8-4-5-9-18-13)22-19(14)15(11-21-17)12-6-2-1-3-7-12/h1-9,14-16H,10-11H2/t14-,15+,16-/m0/s1. The largest absolute Gasteiger partial charge is 0.462 e. The number of aromatic nitrogens is 1. The number of nitrogens with zero attached hydrogens (tertiary/aromatic N) is 2. The van der Waals surface area contributed by atoms with Crippen LogP contribution in [-0.2, 0) is 14.4 Å². The first-order valence-electron chi connectivity index (χ1n) is 7.40. The van der Waals surface area contributed by atoms with Crippen LogP contribution in [-0.4, -0.2) is 28.7 Å². The highest BCUT2D eigenvalue weighted by molar-refractivity contribution is 5.76. The van der Waals surface area contributed by atoms with E-state index in [2.05, 4.69) is 4.98 Å². The average molecular weight is 296 g/mol. The van der Waals surface area contributed by atoms with E-state index >= 15 is 0 Å². The summed E-state index contributed by atoms with van der Waals surface area (Å²) in [5.74, 6) is -0.217. The molecule has 2 aromatic rings. The fourth-order valence-electron chi connectivity index (χ4n) is 3.05. The van der Waals surface area contributed by atoms with Gasteiger partial charge in [0.15, 0.2) is 0 Å². The van der Waals surface area contributed by atoms with E-state index in [0.29, 0.717) is 13.0 Å². The zero-order valence-electron chi connectivity index (χ0n) is 12.0. The molecule has 0 bridgehead atoms. The van der Waals surface area contributed by atoms with Gasteiger partial charge in [-0.15, -0.1) is 0 Å². The van der Waals surface area contributed by atoms with E-state index < -0.39 is 0 Å². The van der Waals surface area contributed by atoms with E-state index in [-0.39, 0.29) is 24.2 Å². The van der Waals surface area contributed by atoms with Crippen LogP contribution < -0.4 is 0 Å². The molecule has 0 N–H and O–H groups in total. The van der Waals surface area contributed by atoms with Crippen molar-refractivity contribution in [3.8, 4) is 0 Å². The Morgan fingerprint density at radius 2 is 1.86 bits per heavy atom. The first-order valence-corrected chi connectivity index (χ1v) is 7.40. The predicted octanol–water partition coefficient (Wildman–Crippen LogP) is 2.43. The van der Waals surface area contributed by atoms with Gasteiger partial charge in [0, 0.05) is 12.6 Å². The van der Waals surface area contributed by atoms with Gasteiger partial charge >= 0.3 is 5.97 Å². The molecule has 22 heavy (non-hydrogen) atoms. The maximum Gasteiger partial charge on any atom is 0.325 e. The molecule has 2 fully saturated rings. The van der Waals surface area contributed by atoms with Crippen LogP contribution in [0.3, 0.4) is 0 Å². The third-order valence-electron chi connectivity index (χ3n) is 4.16. The second kappa shape index (κ2) is 5.51. The lowest BCUT2D eigenvalue weighted by molar-refractivity contribution is -0.229. The topological polar surface area (TPSA) is 51.7 Å². The summed E-state index contributed by atoms with van der Waals surface area (Å²) in [6.07, 6.45) is 2.10. The smallest absolute Gasteiger partial charge is 0.325 e. The van der Waals surface area contributed by atoms with Crippen molar-refractivity contribution in [1.29, 1.82) is 0 Å². The van der Waals surface area contributed by atoms with Crippen molar-refractivity contribution in [1.82, 2.24) is 10.0 Å². The van der Waals surface area contributed by atoms with Gasteiger partial charge in [-0.3, -0.25) is 14.6 Å². The first kappa shape index (κ1) is 13.4. The number of esters is 1. The molecule has 2 saturated heterocycles. The molecule has 0 amide bonds. The lowest BCUT2D eigenvalue weighted by atomic mass is 10.0. The Morgan fingerprint density at radius 1 is 1.05 bits per heavy atom. The van der Waals surface area contributed by atoms with Gasteiger partial charge in [0.1, 0.15) is 18.8 Å². The normalized spacial score (nSPS) is 28.2. The zero-order valence-corrected chi connectivity index (χ0v) is 12.0. The molecule has 0 spiro atoms. The van der Waals surface area contributed by atoms with Crippen LogP contribution in [0.1, 0.15) is 29.8 Å². The molecule has 5 nitrogen and oxygen atoms in total. The number of hydrogen-bond donors (Lipinski definition) is 0. The second-order valence-electron chi connectivity index (χ2n) is 5.52. The predicted molar refractivity (Wildman–Crippen MR) is 78.4 cm³/mol. The van der Waals surface area contributed by atoms with Gasteiger partial charge in [-0.05, 0) is 17.7 Å². The Morgan fingerprint density at radius 3 is 2.64 bits per heavy atom. The number of fused-ring (bicyclic) bond motifs is 1. The summed E-state index contributed by atoms with van der Waals surface area (Å²) in [5, 5.41) is 1.79. The van der Waals surface area contributed by atoms with Crippen LogP contribution >= 0.6 is 0 Å². The monoisotopic (exact) mass is 296 g/mol. The molecule has 3 heterocycles. The lowest BCUT2D eigenvalue weighted by Gasteiger charge is -2.34. The highest BCUT2D eigenvalue weighted by Crippen LogP contribution is 2.40. The Bertz CT molecular complexity index is 662. The van der Waals surface area contributed by atoms with Gasteiger partial charge in [-0.2, -0.15) is 5.06 Å². The van der Waals surface area contributed by atoms with E-state index in [1.165, 1.54) is 0 Å². The number of pyridine rings is 1. The number of hydroxylamine groups is 2. The third-order valence-corrected chi connectivity index (χ3v) is 4.16. The summed E-state index contributed by atoms with van der Waals surface area (Å²) in [7, 11) is 0. The molecule has 2 aliphatic rings. The number of carbonyl (C=O) groups excluding carboxylic acids is 1. The quantitative estimate of drug-likeness (QED) is 0.797. The minimum Gasteiger partial charge on any atom is -0.462 e. The van der Waals surface area contributed by atoms with Crippen LogP contribution in [0.15, 0.2) is 54.7 Å². The molecular formula is C17H16N2O3. The van der Waals surface area contributed by atoms with E-state index in [1.807, 2.05) is 48.5 Å². The molecule has 0 unspecified atom stereocenters. The minimum absolute atomic E-state index is 0.0717. The zero-order chi connectivity index (χ0) is 14.9. The van der Waals surface area contributed by atoms with Crippen molar-refractivity contribution in [2.24, 2.45) is 0 Å². The molecule has 112 valence electrons. The number of hydrogen-bond acceptors (Lipinski definition) is 5. The second-order valence-corrected chi connectivity index (χ2v) is 5.52. The molecule has 1 aromatic carbocycles. The summed E-state index contributed by atoms with van der Waals surface area (Å²) in [5.41, 5.74) is 1.93. The maximum atomic E-state index is 12.1. The molecule has 4 rings (SSSR count). The summed E-state index contributed by atoms with van der Waals surface area (Å²) in [6.45, 7) is 0.314. The lowest BCUT2D eigenvalue weighted by Crippen LogP contribution is -2.46. The Kier molecular flexibility index (Phi) is 3.36. The number of carbonyl (C=O) groups is 1. The van der Waals surface area contributed by atoms with Gasteiger partial charge in [0.05, 0.1) is 11.7 Å². The van der Waals surface area contributed by atoms with E-state index in [0.717, 1.165) is 11.3 Å². The number of ether oxygens (including phenoxy) is 1. The van der Waals surface area contributed by atoms with Crippen molar-refractivity contribution < 1.29 is 14.4 Å². The molecule has 3 atom stereocenters. The van der Waals surface area contributed by atoms with Crippen LogP contribution in [0.2, 0.25) is 0 Å². The average Bonchev–Trinajstić information content (AvgIpc) is 3.03. The van der Waals surface area contributed by atoms with Crippen molar-refractivity contribution in [2.45, 2.75) is 24.6 Å². The van der Waals surface area contributed by atoms with E-state index in [1.54, 1.807) is 11.3 Å². The maximum absolute atomic E-state index is 12.1. The number of morpholine rings is 1. The van der Waals surface area contributed by atoms with Gasteiger partial charge in [-0.1, -0.05) is 36.4 Å². The number of benzene rings is 1. The van der Waals surface area contributed by atoms with Crippen LogP contribution in [0.5, 0.6) is 0 Å². The Labute approximate surface area is 128 Å². The summed E-state index contributed by atoms with van der Waals surface area (Å²) in [4.78, 5) is 22.5. The van der Waals surface area contributed by atoms with Gasteiger partial charge in [0.2, 0.25) is 0 Å². The van der Waals surface area contributed by atoms with Crippen LogP contribution in [0.25, 0.3) is 0 Å². The summed E-state index contributed by atoms with van der Waals surface area (Å²) < 4.78 is 5.36. The number of cyclic esters (lactones) is 1. The summed E-state index contributed by atoms with van der Waals surface area (Å²) >= 11 is 0.